The number of carbonyl (C=O) groups excluding carboxylic acids is 1. The minimum absolute atomic E-state index is 0.0967. The van der Waals surface area contributed by atoms with Crippen LogP contribution in [0, 0.1) is 0 Å². The van der Waals surface area contributed by atoms with Gasteiger partial charge in [-0.25, -0.2) is 8.42 Å². The molecule has 0 aliphatic rings. The highest BCUT2D eigenvalue weighted by Crippen LogP contribution is 2.25. The van der Waals surface area contributed by atoms with E-state index >= 15 is 0 Å². The maximum Gasteiger partial charge on any atom is 0.485 e. The number of fused-ring (bicyclic) bond motifs is 2. The predicted octanol–water partition coefficient (Wildman–Crippen LogP) is 2.86. The molecule has 1 heterocycles. The van der Waals surface area contributed by atoms with Crippen molar-refractivity contribution in [3.8, 4) is 0 Å². The first kappa shape index (κ1) is 23.0. The van der Waals surface area contributed by atoms with E-state index in [1.54, 1.807) is 0 Å². The van der Waals surface area contributed by atoms with E-state index in [0.29, 0.717) is 5.56 Å². The number of H-pyrrole nitrogens is 1. The smallest absolute Gasteiger partial charge is 0.485 e. The van der Waals surface area contributed by atoms with Crippen LogP contribution in [0.25, 0.3) is 21.8 Å². The Morgan fingerprint density at radius 2 is 1.47 bits per heavy atom. The monoisotopic (exact) mass is 444 g/mol. The highest BCUT2D eigenvalue weighted by atomic mass is 32.2. The van der Waals surface area contributed by atoms with Gasteiger partial charge in [0.1, 0.15) is 27.4 Å². The number of amides is 1. The summed E-state index contributed by atoms with van der Waals surface area (Å²) >= 11 is 0. The fraction of sp³-hybridized carbons (Fsp3) is 0.167. The van der Waals surface area contributed by atoms with Gasteiger partial charge in [-0.05, 0) is 36.4 Å². The molecule has 1 amide bonds. The van der Waals surface area contributed by atoms with Crippen LogP contribution in [-0.2, 0) is 14.9 Å². The zero-order valence-electron chi connectivity index (χ0n) is 15.1. The van der Waals surface area contributed by atoms with Crippen molar-refractivity contribution in [2.45, 2.75) is 11.9 Å². The van der Waals surface area contributed by atoms with E-state index in [1.807, 2.05) is 48.5 Å². The number of para-hydroxylation sites is 2. The van der Waals surface area contributed by atoms with Crippen LogP contribution in [-0.4, -0.2) is 47.0 Å². The van der Waals surface area contributed by atoms with Gasteiger partial charge in [0, 0.05) is 18.7 Å². The van der Waals surface area contributed by atoms with Gasteiger partial charge in [-0.1, -0.05) is 0 Å². The fourth-order valence-corrected chi connectivity index (χ4v) is 2.53. The molecule has 0 bridgehead atoms. The van der Waals surface area contributed by atoms with Gasteiger partial charge in [0.15, 0.2) is 10.1 Å². The van der Waals surface area contributed by atoms with E-state index < -0.39 is 21.6 Å². The van der Waals surface area contributed by atoms with Crippen molar-refractivity contribution in [2.75, 3.05) is 6.54 Å². The number of carboxylic acid groups (broad SMARTS) is 1. The molecule has 3 N–H and O–H groups in total. The molecule has 12 heteroatoms. The van der Waals surface area contributed by atoms with E-state index in [9.17, 15) is 22.8 Å². The molecule has 1 aromatic heterocycles. The minimum atomic E-state index is -6.09. The van der Waals surface area contributed by atoms with Crippen LogP contribution in [0.4, 0.5) is 13.2 Å². The number of aromatic nitrogens is 1. The Bertz CT molecular complexity index is 1140. The molecule has 0 aliphatic carbocycles. The first-order valence-corrected chi connectivity index (χ1v) is 9.67. The van der Waals surface area contributed by atoms with Crippen LogP contribution < -0.4 is 5.32 Å². The zero-order valence-corrected chi connectivity index (χ0v) is 15.9. The maximum atomic E-state index is 12.5. The summed E-state index contributed by atoms with van der Waals surface area (Å²) in [6.45, 7) is 0.107. The molecule has 3 aromatic rings. The molecule has 160 valence electrons. The molecule has 0 radical (unpaired) electrons. The molecule has 30 heavy (non-hydrogen) atoms. The Morgan fingerprint density at radius 3 is 1.87 bits per heavy atom. The fourth-order valence-electron chi connectivity index (χ4n) is 2.53. The van der Waals surface area contributed by atoms with Gasteiger partial charge in [-0.3, -0.25) is 14.6 Å². The summed E-state index contributed by atoms with van der Waals surface area (Å²) in [6.07, 6.45) is -0.0967. The molecule has 0 atom stereocenters. The molecule has 0 fully saturated rings. The molecular weight excluding hydrogens is 429 g/mol. The second-order valence-electron chi connectivity index (χ2n) is 5.89. The lowest BCUT2D eigenvalue weighted by atomic mass is 10.0. The van der Waals surface area contributed by atoms with Crippen molar-refractivity contribution in [1.82, 2.24) is 10.3 Å². The van der Waals surface area contributed by atoms with Gasteiger partial charge in [-0.15, -0.1) is 0 Å². The first-order chi connectivity index (χ1) is 13.9. The number of halogens is 3. The number of hydrogen-bond donors (Lipinski definition) is 3. The van der Waals surface area contributed by atoms with Crippen molar-refractivity contribution >= 4 is 43.8 Å². The number of nitrogens with one attached hydrogen (secondary N) is 2. The lowest BCUT2D eigenvalue weighted by molar-refractivity contribution is -0.136. The summed E-state index contributed by atoms with van der Waals surface area (Å²) in [5, 5.41) is 13.0. The third-order valence-corrected chi connectivity index (χ3v) is 4.36. The molecule has 3 rings (SSSR count). The Labute approximate surface area is 168 Å². The highest BCUT2D eigenvalue weighted by molar-refractivity contribution is 7.86. The Kier molecular flexibility index (Phi) is 6.95. The molecule has 0 spiro atoms. The zero-order chi connectivity index (χ0) is 22.5. The number of carbonyl (C=O) groups is 2. The third-order valence-electron chi connectivity index (χ3n) is 3.80. The van der Waals surface area contributed by atoms with Crippen molar-refractivity contribution in [2.24, 2.45) is 0 Å². The summed E-state index contributed by atoms with van der Waals surface area (Å²) in [5.41, 5.74) is -3.35. The number of aliphatic carboxylic acids is 1. The van der Waals surface area contributed by atoms with Gasteiger partial charge in [0.25, 0.3) is 5.91 Å². The van der Waals surface area contributed by atoms with Crippen LogP contribution in [0.15, 0.2) is 48.5 Å². The number of hydrogen-bond acceptors (Lipinski definition) is 5. The summed E-state index contributed by atoms with van der Waals surface area (Å²) in [6, 6.07) is 15.1. The second kappa shape index (κ2) is 9.05. The summed E-state index contributed by atoms with van der Waals surface area (Å²) in [7, 11) is -6.09. The number of carboxylic acids is 1. The van der Waals surface area contributed by atoms with Gasteiger partial charge < -0.3 is 15.0 Å². The minimum Gasteiger partial charge on any atom is -0.741 e. The molecular formula is C18H15F3N2O6S. The molecule has 0 aliphatic heterocycles. The molecule has 2 aromatic carbocycles. The van der Waals surface area contributed by atoms with Crippen molar-refractivity contribution in [3.63, 3.8) is 0 Å². The highest BCUT2D eigenvalue weighted by Gasteiger charge is 2.36. The topological polar surface area (TPSA) is 139 Å². The van der Waals surface area contributed by atoms with Gasteiger partial charge >= 0.3 is 11.5 Å². The average molecular weight is 444 g/mol. The van der Waals surface area contributed by atoms with E-state index in [-0.39, 0.29) is 18.9 Å². The molecule has 0 unspecified atom stereocenters. The number of alkyl halides is 3. The number of pyridine rings is 1. The summed E-state index contributed by atoms with van der Waals surface area (Å²) in [5.74, 6) is -1.20. The van der Waals surface area contributed by atoms with Crippen molar-refractivity contribution in [3.05, 3.63) is 54.1 Å². The summed E-state index contributed by atoms with van der Waals surface area (Å²) in [4.78, 5) is 26.4. The van der Waals surface area contributed by atoms with E-state index in [1.165, 1.54) is 0 Å². The Balaban J connectivity index is 0.000000343. The van der Waals surface area contributed by atoms with E-state index in [4.69, 9.17) is 18.1 Å². The number of aromatic amines is 1. The number of benzene rings is 2. The normalized spacial score (nSPS) is 11.6. The maximum absolute atomic E-state index is 12.5. The SMILES string of the molecule is O=C(O)CCNC(=O)[c+]1c2ccccc2[nH]c2ccccc21.O=S(=O)([O-])C(F)(F)F. The number of rotatable bonds is 4. The van der Waals surface area contributed by atoms with Crippen molar-refractivity contribution in [1.29, 1.82) is 0 Å². The molecule has 0 saturated carbocycles. The quantitative estimate of drug-likeness (QED) is 0.245. The van der Waals surface area contributed by atoms with Crippen LogP contribution in [0.3, 0.4) is 0 Å². The lowest BCUT2D eigenvalue weighted by Crippen LogP contribution is -2.26. The standard InChI is InChI=1S/C17H14N2O3.CHF3O3S/c20-15(21)9-10-18-17(22)16-11-5-1-3-7-13(11)19-14-8-4-2-6-12(14)16;2-1(3,4)8(5,6)7/h1-8,19H,9-10H2,(H-,18,20,21,22);(H,5,6,7). The first-order valence-electron chi connectivity index (χ1n) is 8.26. The van der Waals surface area contributed by atoms with Gasteiger partial charge in [-0.2, -0.15) is 13.2 Å². The lowest BCUT2D eigenvalue weighted by Gasteiger charge is -2.08. The van der Waals surface area contributed by atoms with Crippen molar-refractivity contribution < 1.29 is 40.8 Å². The molecule has 8 nitrogen and oxygen atoms in total. The van der Waals surface area contributed by atoms with Gasteiger partial charge in [0.05, 0.1) is 6.42 Å². The van der Waals surface area contributed by atoms with Crippen LogP contribution in [0.1, 0.15) is 16.8 Å². The van der Waals surface area contributed by atoms with Crippen LogP contribution in [0.2, 0.25) is 0 Å². The predicted molar refractivity (Wildman–Crippen MR) is 101 cm³/mol. The largest absolute Gasteiger partial charge is 0.741 e. The van der Waals surface area contributed by atoms with E-state index in [0.717, 1.165) is 21.8 Å². The second-order valence-corrected chi connectivity index (χ2v) is 7.26. The van der Waals surface area contributed by atoms with E-state index in [2.05, 4.69) is 10.3 Å². The van der Waals surface area contributed by atoms with Gasteiger partial charge in [0.2, 0.25) is 0 Å². The third kappa shape index (κ3) is 5.64. The Hall–Kier alpha value is -3.25. The average Bonchev–Trinajstić information content (AvgIpc) is 2.64. The molecule has 0 saturated heterocycles. The summed E-state index contributed by atoms with van der Waals surface area (Å²) < 4.78 is 58.9. The van der Waals surface area contributed by atoms with Crippen LogP contribution in [0.5, 0.6) is 0 Å². The Morgan fingerprint density at radius 1 is 1.03 bits per heavy atom. The van der Waals surface area contributed by atoms with Crippen LogP contribution >= 0.6 is 0 Å².